The maximum absolute atomic E-state index is 11.5. The first-order valence-corrected chi connectivity index (χ1v) is 8.35. The van der Waals surface area contributed by atoms with Crippen molar-refractivity contribution < 1.29 is 0 Å². The van der Waals surface area contributed by atoms with Crippen LogP contribution in [0, 0.1) is 0 Å². The molecule has 1 aromatic rings. The number of nitrogens with one attached hydrogen (secondary N) is 2. The van der Waals surface area contributed by atoms with Crippen molar-refractivity contribution in [1.82, 2.24) is 15.2 Å². The molecule has 1 atom stereocenters. The number of aryl methyl sites for hydroxylation is 1. The Hall–Kier alpha value is -1.13. The van der Waals surface area contributed by atoms with Crippen LogP contribution in [0.25, 0.3) is 0 Å². The Balaban J connectivity index is 1.64. The number of aromatic nitrogens is 1. The zero-order valence-electron chi connectivity index (χ0n) is 13.2. The van der Waals surface area contributed by atoms with Gasteiger partial charge in [-0.25, -0.2) is 0 Å². The molecule has 0 bridgehead atoms. The molecule has 1 aliphatic carbocycles. The van der Waals surface area contributed by atoms with Gasteiger partial charge in [-0.05, 0) is 64.6 Å². The molecule has 1 aromatic heterocycles. The van der Waals surface area contributed by atoms with E-state index >= 15 is 0 Å². The minimum absolute atomic E-state index is 0.0274. The van der Waals surface area contributed by atoms with Gasteiger partial charge < -0.3 is 15.2 Å². The predicted octanol–water partition coefficient (Wildman–Crippen LogP) is 2.21. The van der Waals surface area contributed by atoms with Crippen molar-refractivity contribution in [3.8, 4) is 0 Å². The van der Waals surface area contributed by atoms with Crippen molar-refractivity contribution in [1.29, 1.82) is 0 Å². The quantitative estimate of drug-likeness (QED) is 0.897. The zero-order chi connectivity index (χ0) is 14.8. The molecule has 1 fully saturated rings. The fourth-order valence-electron chi connectivity index (χ4n) is 3.74. The number of H-pyrrole nitrogens is 1. The first-order valence-electron chi connectivity index (χ1n) is 8.35. The number of likely N-dealkylation sites (tertiary alicyclic amines) is 1. The highest BCUT2D eigenvalue weighted by molar-refractivity contribution is 5.26. The van der Waals surface area contributed by atoms with E-state index in [0.29, 0.717) is 18.1 Å². The highest BCUT2D eigenvalue weighted by Gasteiger charge is 2.26. The van der Waals surface area contributed by atoms with Gasteiger partial charge in [0.15, 0.2) is 0 Å². The van der Waals surface area contributed by atoms with E-state index in [-0.39, 0.29) is 5.56 Å². The Labute approximate surface area is 126 Å². The number of hydrogen-bond donors (Lipinski definition) is 2. The lowest BCUT2D eigenvalue weighted by atomic mass is 9.90. The van der Waals surface area contributed by atoms with Crippen LogP contribution in [0.4, 0.5) is 0 Å². The highest BCUT2D eigenvalue weighted by atomic mass is 16.1. The van der Waals surface area contributed by atoms with E-state index in [2.05, 4.69) is 29.0 Å². The third kappa shape index (κ3) is 3.38. The minimum atomic E-state index is 0.0274. The van der Waals surface area contributed by atoms with Crippen LogP contribution in [0.2, 0.25) is 0 Å². The summed E-state index contributed by atoms with van der Waals surface area (Å²) >= 11 is 0. The molecule has 2 heterocycles. The van der Waals surface area contributed by atoms with Crippen LogP contribution in [0.15, 0.2) is 16.9 Å². The lowest BCUT2D eigenvalue weighted by molar-refractivity contribution is 0.154. The molecule has 4 heteroatoms. The molecule has 1 unspecified atom stereocenters. The normalized spacial score (nSPS) is 24.2. The van der Waals surface area contributed by atoms with Crippen LogP contribution < -0.4 is 10.9 Å². The SMILES string of the molecule is CC(C)N1CCC(NC2CCCc3[nH]c(=O)ccc32)CC1. The summed E-state index contributed by atoms with van der Waals surface area (Å²) in [6.45, 7) is 6.95. The van der Waals surface area contributed by atoms with Crippen LogP contribution in [0.5, 0.6) is 0 Å². The molecule has 0 saturated carbocycles. The Morgan fingerprint density at radius 3 is 2.71 bits per heavy atom. The Morgan fingerprint density at radius 1 is 1.24 bits per heavy atom. The molecular formula is C17H27N3O. The van der Waals surface area contributed by atoms with Gasteiger partial charge in [-0.15, -0.1) is 0 Å². The third-order valence-electron chi connectivity index (χ3n) is 5.03. The molecule has 1 saturated heterocycles. The van der Waals surface area contributed by atoms with Crippen LogP contribution in [0.1, 0.15) is 56.8 Å². The minimum Gasteiger partial charge on any atom is -0.326 e. The summed E-state index contributed by atoms with van der Waals surface area (Å²) in [6.07, 6.45) is 5.81. The predicted molar refractivity (Wildman–Crippen MR) is 85.6 cm³/mol. The fourth-order valence-corrected chi connectivity index (χ4v) is 3.74. The lowest BCUT2D eigenvalue weighted by Gasteiger charge is -2.37. The second kappa shape index (κ2) is 6.32. The smallest absolute Gasteiger partial charge is 0.248 e. The number of fused-ring (bicyclic) bond motifs is 1. The largest absolute Gasteiger partial charge is 0.326 e. The molecule has 4 nitrogen and oxygen atoms in total. The molecule has 2 aliphatic rings. The van der Waals surface area contributed by atoms with E-state index in [1.165, 1.54) is 37.9 Å². The van der Waals surface area contributed by atoms with E-state index in [9.17, 15) is 4.79 Å². The van der Waals surface area contributed by atoms with E-state index in [4.69, 9.17) is 0 Å². The molecule has 3 rings (SSSR count). The fraction of sp³-hybridized carbons (Fsp3) is 0.706. The Kier molecular flexibility index (Phi) is 4.45. The summed E-state index contributed by atoms with van der Waals surface area (Å²) in [4.78, 5) is 17.0. The van der Waals surface area contributed by atoms with Crippen LogP contribution in [-0.4, -0.2) is 35.1 Å². The topological polar surface area (TPSA) is 48.1 Å². The van der Waals surface area contributed by atoms with Crippen molar-refractivity contribution in [2.45, 2.75) is 64.1 Å². The van der Waals surface area contributed by atoms with Crippen LogP contribution in [0.3, 0.4) is 0 Å². The van der Waals surface area contributed by atoms with E-state index in [0.717, 1.165) is 18.5 Å². The van der Waals surface area contributed by atoms with Gasteiger partial charge in [0.2, 0.25) is 5.56 Å². The second-order valence-electron chi connectivity index (χ2n) is 6.77. The molecule has 0 amide bonds. The van der Waals surface area contributed by atoms with E-state index < -0.39 is 0 Å². The molecule has 0 spiro atoms. The van der Waals surface area contributed by atoms with Crippen molar-refractivity contribution in [2.75, 3.05) is 13.1 Å². The summed E-state index contributed by atoms with van der Waals surface area (Å²) in [5.41, 5.74) is 2.48. The first-order chi connectivity index (χ1) is 10.1. The third-order valence-corrected chi connectivity index (χ3v) is 5.03. The molecule has 2 N–H and O–H groups in total. The van der Waals surface area contributed by atoms with Crippen molar-refractivity contribution in [3.63, 3.8) is 0 Å². The van der Waals surface area contributed by atoms with Crippen molar-refractivity contribution >= 4 is 0 Å². The lowest BCUT2D eigenvalue weighted by Crippen LogP contribution is -2.46. The summed E-state index contributed by atoms with van der Waals surface area (Å²) in [6, 6.07) is 5.38. The Bertz CT molecular complexity index is 529. The first kappa shape index (κ1) is 14.8. The molecule has 1 aliphatic heterocycles. The Morgan fingerprint density at radius 2 is 2.00 bits per heavy atom. The van der Waals surface area contributed by atoms with Gasteiger partial charge in [0, 0.05) is 29.9 Å². The van der Waals surface area contributed by atoms with Crippen molar-refractivity contribution in [3.05, 3.63) is 33.7 Å². The van der Waals surface area contributed by atoms with E-state index in [1.807, 2.05) is 6.07 Å². The van der Waals surface area contributed by atoms with Crippen LogP contribution in [-0.2, 0) is 6.42 Å². The van der Waals surface area contributed by atoms with Gasteiger partial charge in [-0.2, -0.15) is 0 Å². The number of rotatable bonds is 3. The maximum Gasteiger partial charge on any atom is 0.248 e. The molecular weight excluding hydrogens is 262 g/mol. The van der Waals surface area contributed by atoms with Gasteiger partial charge >= 0.3 is 0 Å². The van der Waals surface area contributed by atoms with Gasteiger partial charge in [0.05, 0.1) is 0 Å². The summed E-state index contributed by atoms with van der Waals surface area (Å²) in [7, 11) is 0. The molecule has 0 aromatic carbocycles. The standard InChI is InChI=1S/C17H27N3O/c1-12(2)20-10-8-13(9-11-20)18-15-4-3-5-16-14(15)6-7-17(21)19-16/h6-7,12-13,15,18H,3-5,8-11H2,1-2H3,(H,19,21). The molecule has 21 heavy (non-hydrogen) atoms. The second-order valence-corrected chi connectivity index (χ2v) is 6.77. The average Bonchev–Trinajstić information content (AvgIpc) is 2.47. The molecule has 0 radical (unpaired) electrons. The number of nitrogens with zero attached hydrogens (tertiary/aromatic N) is 1. The van der Waals surface area contributed by atoms with Gasteiger partial charge in [0.1, 0.15) is 0 Å². The van der Waals surface area contributed by atoms with Crippen LogP contribution >= 0.6 is 0 Å². The van der Waals surface area contributed by atoms with Gasteiger partial charge in [0.25, 0.3) is 0 Å². The molecule has 116 valence electrons. The van der Waals surface area contributed by atoms with Crippen molar-refractivity contribution in [2.24, 2.45) is 0 Å². The number of pyridine rings is 1. The van der Waals surface area contributed by atoms with Gasteiger partial charge in [-0.3, -0.25) is 4.79 Å². The van der Waals surface area contributed by atoms with Gasteiger partial charge in [-0.1, -0.05) is 6.07 Å². The summed E-state index contributed by atoms with van der Waals surface area (Å²) < 4.78 is 0. The summed E-state index contributed by atoms with van der Waals surface area (Å²) in [5, 5.41) is 3.84. The monoisotopic (exact) mass is 289 g/mol. The maximum atomic E-state index is 11.5. The number of aromatic amines is 1. The number of hydrogen-bond acceptors (Lipinski definition) is 3. The highest BCUT2D eigenvalue weighted by Crippen LogP contribution is 2.29. The average molecular weight is 289 g/mol. The number of piperidine rings is 1. The van der Waals surface area contributed by atoms with E-state index in [1.54, 1.807) is 6.07 Å². The zero-order valence-corrected chi connectivity index (χ0v) is 13.2. The summed E-state index contributed by atoms with van der Waals surface area (Å²) in [5.74, 6) is 0.